The highest BCUT2D eigenvalue weighted by Crippen LogP contribution is 2.26. The van der Waals surface area contributed by atoms with Crippen LogP contribution >= 0.6 is 15.9 Å². The first-order valence-corrected chi connectivity index (χ1v) is 9.11. The molecule has 0 aliphatic rings. The van der Waals surface area contributed by atoms with E-state index in [1.54, 1.807) is 29.1 Å². The molecule has 0 N–H and O–H groups in total. The average Bonchev–Trinajstić information content (AvgIpc) is 3.16. The van der Waals surface area contributed by atoms with Crippen molar-refractivity contribution in [2.45, 2.75) is 20.3 Å². The molecule has 0 radical (unpaired) electrons. The van der Waals surface area contributed by atoms with Gasteiger partial charge in [-0.15, -0.1) is 0 Å². The van der Waals surface area contributed by atoms with E-state index in [0.717, 1.165) is 17.7 Å². The largest absolute Gasteiger partial charge is 0.352 e. The molecule has 0 unspecified atom stereocenters. The molecule has 1 aromatic heterocycles. The van der Waals surface area contributed by atoms with E-state index in [4.69, 9.17) is 4.89 Å². The van der Waals surface area contributed by atoms with E-state index in [1.165, 1.54) is 13.1 Å². The number of nitrogens with zero attached hydrogens (tertiary/aromatic N) is 2. The summed E-state index contributed by atoms with van der Waals surface area (Å²) in [5, 5.41) is 4.33. The van der Waals surface area contributed by atoms with E-state index < -0.39 is 5.97 Å². The summed E-state index contributed by atoms with van der Waals surface area (Å²) in [6.07, 6.45) is 4.03. The third-order valence-electron chi connectivity index (χ3n) is 3.90. The number of aryl methyl sites for hydroxylation is 1. The van der Waals surface area contributed by atoms with E-state index in [1.807, 2.05) is 24.3 Å². The molecule has 0 saturated heterocycles. The first-order chi connectivity index (χ1) is 13.0. The van der Waals surface area contributed by atoms with E-state index >= 15 is 0 Å². The Morgan fingerprint density at radius 1 is 1.19 bits per heavy atom. The van der Waals surface area contributed by atoms with E-state index in [-0.39, 0.29) is 17.1 Å². The van der Waals surface area contributed by atoms with Crippen molar-refractivity contribution >= 4 is 27.7 Å². The lowest BCUT2D eigenvalue weighted by Gasteiger charge is -2.08. The zero-order valence-electron chi connectivity index (χ0n) is 14.8. The number of ketones is 1. The standard InChI is InChI=1S/C20H17BrN2O4/c1-3-14-6-4-5-7-18(14)23-12-15(11-22-23)20(25)17-10-16(21)8-9-19(17)27-26-13(2)24/h4-12H,3H2,1-2H3. The van der Waals surface area contributed by atoms with Gasteiger partial charge < -0.3 is 0 Å². The van der Waals surface area contributed by atoms with Crippen LogP contribution < -0.4 is 4.89 Å². The minimum atomic E-state index is -0.611. The number of aromatic nitrogens is 2. The monoisotopic (exact) mass is 428 g/mol. The van der Waals surface area contributed by atoms with Gasteiger partial charge in [-0.25, -0.2) is 9.48 Å². The van der Waals surface area contributed by atoms with Gasteiger partial charge in [0.2, 0.25) is 0 Å². The van der Waals surface area contributed by atoms with Gasteiger partial charge in [-0.3, -0.25) is 14.6 Å². The van der Waals surface area contributed by atoms with Crippen molar-refractivity contribution in [2.75, 3.05) is 0 Å². The molecule has 0 atom stereocenters. The summed E-state index contributed by atoms with van der Waals surface area (Å²) in [5.41, 5.74) is 2.70. The van der Waals surface area contributed by atoms with Crippen LogP contribution in [0.15, 0.2) is 59.3 Å². The molecule has 0 aliphatic heterocycles. The molecule has 0 bridgehead atoms. The lowest BCUT2D eigenvalue weighted by molar-refractivity contribution is -0.211. The van der Waals surface area contributed by atoms with Gasteiger partial charge >= 0.3 is 5.97 Å². The van der Waals surface area contributed by atoms with Crippen molar-refractivity contribution in [3.8, 4) is 11.4 Å². The average molecular weight is 429 g/mol. The molecule has 0 aliphatic carbocycles. The van der Waals surface area contributed by atoms with Gasteiger partial charge in [-0.05, 0) is 36.2 Å². The first kappa shape index (κ1) is 18.8. The van der Waals surface area contributed by atoms with Crippen molar-refractivity contribution in [3.63, 3.8) is 0 Å². The van der Waals surface area contributed by atoms with Gasteiger partial charge in [0.25, 0.3) is 0 Å². The van der Waals surface area contributed by atoms with Crippen molar-refractivity contribution in [3.05, 3.63) is 76.0 Å². The zero-order chi connectivity index (χ0) is 19.4. The number of hydrogen-bond donors (Lipinski definition) is 0. The molecule has 3 rings (SSSR count). The molecule has 0 fully saturated rings. The maximum Gasteiger partial charge on any atom is 0.352 e. The molecule has 7 heteroatoms. The molecule has 3 aromatic rings. The Bertz CT molecular complexity index is 997. The molecule has 0 saturated carbocycles. The van der Waals surface area contributed by atoms with E-state index in [9.17, 15) is 9.59 Å². The number of halogens is 1. The molecule has 27 heavy (non-hydrogen) atoms. The van der Waals surface area contributed by atoms with Gasteiger partial charge in [-0.2, -0.15) is 5.10 Å². The molecular formula is C20H17BrN2O4. The highest BCUT2D eigenvalue weighted by Gasteiger charge is 2.19. The Balaban J connectivity index is 1.94. The van der Waals surface area contributed by atoms with Crippen molar-refractivity contribution in [1.82, 2.24) is 9.78 Å². The minimum Gasteiger partial charge on any atom is -0.288 e. The summed E-state index contributed by atoms with van der Waals surface area (Å²) in [5.74, 6) is -0.751. The lowest BCUT2D eigenvalue weighted by Crippen LogP contribution is -2.08. The second kappa shape index (κ2) is 8.18. The van der Waals surface area contributed by atoms with Crippen LogP contribution in [0.25, 0.3) is 5.69 Å². The Morgan fingerprint density at radius 2 is 1.96 bits per heavy atom. The van der Waals surface area contributed by atoms with Gasteiger partial charge in [0, 0.05) is 17.6 Å². The Morgan fingerprint density at radius 3 is 2.70 bits per heavy atom. The van der Waals surface area contributed by atoms with Crippen LogP contribution in [-0.4, -0.2) is 21.5 Å². The smallest absolute Gasteiger partial charge is 0.288 e. The van der Waals surface area contributed by atoms with Crippen molar-refractivity contribution in [2.24, 2.45) is 0 Å². The first-order valence-electron chi connectivity index (χ1n) is 8.32. The molecule has 138 valence electrons. The summed E-state index contributed by atoms with van der Waals surface area (Å²) in [6.45, 7) is 3.28. The van der Waals surface area contributed by atoms with Crippen LogP contribution in [-0.2, 0) is 16.1 Å². The highest BCUT2D eigenvalue weighted by atomic mass is 79.9. The summed E-state index contributed by atoms with van der Waals surface area (Å²) in [6, 6.07) is 12.7. The van der Waals surface area contributed by atoms with Gasteiger partial charge in [0.1, 0.15) is 0 Å². The number of carbonyl (C=O) groups excluding carboxylic acids is 2. The molecular weight excluding hydrogens is 412 g/mol. The third-order valence-corrected chi connectivity index (χ3v) is 4.39. The van der Waals surface area contributed by atoms with Crippen molar-refractivity contribution in [1.29, 1.82) is 0 Å². The summed E-state index contributed by atoms with van der Waals surface area (Å²) in [7, 11) is 0. The minimum absolute atomic E-state index is 0.153. The fourth-order valence-corrected chi connectivity index (χ4v) is 2.98. The predicted octanol–water partition coefficient (Wildman–Crippen LogP) is 4.29. The van der Waals surface area contributed by atoms with Crippen LogP contribution in [0.1, 0.15) is 35.3 Å². The molecule has 0 spiro atoms. The SMILES string of the molecule is CCc1ccccc1-n1cc(C(=O)c2cc(Br)ccc2OOC(C)=O)cn1. The number of carbonyl (C=O) groups is 2. The van der Waals surface area contributed by atoms with Gasteiger partial charge in [-0.1, -0.05) is 41.1 Å². The summed E-state index contributed by atoms with van der Waals surface area (Å²) >= 11 is 3.34. The molecule has 6 nitrogen and oxygen atoms in total. The van der Waals surface area contributed by atoms with Gasteiger partial charge in [0.05, 0.1) is 23.0 Å². The second-order valence-electron chi connectivity index (χ2n) is 5.78. The maximum atomic E-state index is 13.0. The molecule has 1 heterocycles. The van der Waals surface area contributed by atoms with Crippen molar-refractivity contribution < 1.29 is 19.4 Å². The number of hydrogen-bond acceptors (Lipinski definition) is 5. The van der Waals surface area contributed by atoms with Crippen LogP contribution in [0.5, 0.6) is 5.75 Å². The van der Waals surface area contributed by atoms with E-state index in [0.29, 0.717) is 10.0 Å². The predicted molar refractivity (Wildman–Crippen MR) is 103 cm³/mol. The van der Waals surface area contributed by atoms with Gasteiger partial charge in [0.15, 0.2) is 11.5 Å². The van der Waals surface area contributed by atoms with Crippen LogP contribution in [0, 0.1) is 0 Å². The molecule has 2 aromatic carbocycles. The quantitative estimate of drug-likeness (QED) is 0.332. The topological polar surface area (TPSA) is 70.4 Å². The number of rotatable bonds is 6. The van der Waals surface area contributed by atoms with Crippen LogP contribution in [0.4, 0.5) is 0 Å². The fraction of sp³-hybridized carbons (Fsp3) is 0.150. The van der Waals surface area contributed by atoms with Crippen LogP contribution in [0.3, 0.4) is 0 Å². The third kappa shape index (κ3) is 4.25. The second-order valence-corrected chi connectivity index (χ2v) is 6.70. The number of benzene rings is 2. The Kier molecular flexibility index (Phi) is 5.71. The highest BCUT2D eigenvalue weighted by molar-refractivity contribution is 9.10. The summed E-state index contributed by atoms with van der Waals surface area (Å²) < 4.78 is 2.38. The van der Waals surface area contributed by atoms with Crippen LogP contribution in [0.2, 0.25) is 0 Å². The maximum absolute atomic E-state index is 13.0. The Labute approximate surface area is 164 Å². The normalized spacial score (nSPS) is 10.5. The Hall–Kier alpha value is -2.93. The van der Waals surface area contributed by atoms with E-state index in [2.05, 4.69) is 32.8 Å². The number of para-hydroxylation sites is 1. The zero-order valence-corrected chi connectivity index (χ0v) is 16.4. The lowest BCUT2D eigenvalue weighted by atomic mass is 10.1. The fourth-order valence-electron chi connectivity index (χ4n) is 2.62. The summed E-state index contributed by atoms with van der Waals surface area (Å²) in [4.78, 5) is 33.5. The molecule has 0 amide bonds.